The molecule has 2 fully saturated rings. The molecule has 1 atom stereocenters. The molecule has 1 aliphatic heterocycles. The van der Waals surface area contributed by atoms with Gasteiger partial charge >= 0.3 is 0 Å². The lowest BCUT2D eigenvalue weighted by Gasteiger charge is -2.35. The van der Waals surface area contributed by atoms with Crippen molar-refractivity contribution in [3.8, 4) is 0 Å². The highest BCUT2D eigenvalue weighted by molar-refractivity contribution is 6.00. The average Bonchev–Trinajstić information content (AvgIpc) is 2.86. The van der Waals surface area contributed by atoms with Gasteiger partial charge in [-0.25, -0.2) is 0 Å². The molecule has 1 aromatic rings. The molecule has 0 radical (unpaired) electrons. The fourth-order valence-corrected chi connectivity index (χ4v) is 4.09. The van der Waals surface area contributed by atoms with E-state index >= 15 is 0 Å². The number of rotatable bonds is 4. The van der Waals surface area contributed by atoms with Gasteiger partial charge < -0.3 is 4.90 Å². The summed E-state index contributed by atoms with van der Waals surface area (Å²) in [6, 6.07) is 9.28. The molecule has 3 nitrogen and oxygen atoms in total. The third kappa shape index (κ3) is 2.81. The van der Waals surface area contributed by atoms with Crippen LogP contribution in [-0.4, -0.2) is 29.7 Å². The number of carbonyl (C=O) groups is 2. The highest BCUT2D eigenvalue weighted by Crippen LogP contribution is 2.45. The van der Waals surface area contributed by atoms with Gasteiger partial charge in [-0.3, -0.25) is 9.59 Å². The number of benzene rings is 1. The first-order valence-corrected chi connectivity index (χ1v) is 8.49. The zero-order valence-electron chi connectivity index (χ0n) is 13.4. The SMILES string of the molecule is CC1(C2CCCCC2)CCN(CC(=O)c2ccccc2)C1=O. The van der Waals surface area contributed by atoms with Gasteiger partial charge in [-0.15, -0.1) is 0 Å². The minimum absolute atomic E-state index is 0.0434. The van der Waals surface area contributed by atoms with Gasteiger partial charge in [0.2, 0.25) is 5.91 Å². The second-order valence-electron chi connectivity index (χ2n) is 7.02. The smallest absolute Gasteiger partial charge is 0.229 e. The van der Waals surface area contributed by atoms with Gasteiger partial charge in [0.15, 0.2) is 5.78 Å². The van der Waals surface area contributed by atoms with Crippen LogP contribution in [0.15, 0.2) is 30.3 Å². The highest BCUT2D eigenvalue weighted by atomic mass is 16.2. The standard InChI is InChI=1S/C19H25NO2/c1-19(16-10-6-3-7-11-16)12-13-20(18(19)22)14-17(21)15-8-4-2-5-9-15/h2,4-5,8-9,16H,3,6-7,10-14H2,1H3. The molecule has 22 heavy (non-hydrogen) atoms. The summed E-state index contributed by atoms with van der Waals surface area (Å²) in [6.07, 6.45) is 7.04. The largest absolute Gasteiger partial charge is 0.334 e. The summed E-state index contributed by atoms with van der Waals surface area (Å²) >= 11 is 0. The van der Waals surface area contributed by atoms with Crippen LogP contribution in [0.5, 0.6) is 0 Å². The first-order valence-electron chi connectivity index (χ1n) is 8.49. The third-order valence-electron chi connectivity index (χ3n) is 5.61. The molecule has 1 amide bonds. The van der Waals surface area contributed by atoms with Crippen LogP contribution in [0, 0.1) is 11.3 Å². The first-order chi connectivity index (χ1) is 10.6. The highest BCUT2D eigenvalue weighted by Gasteiger charge is 2.48. The Bertz CT molecular complexity index is 548. The van der Waals surface area contributed by atoms with Crippen molar-refractivity contribution in [2.24, 2.45) is 11.3 Å². The molecule has 2 aliphatic rings. The number of amides is 1. The second-order valence-corrected chi connectivity index (χ2v) is 7.02. The van der Waals surface area contributed by atoms with E-state index in [1.54, 1.807) is 4.90 Å². The van der Waals surface area contributed by atoms with Crippen LogP contribution in [0.2, 0.25) is 0 Å². The average molecular weight is 299 g/mol. The fraction of sp³-hybridized carbons (Fsp3) is 0.579. The molecule has 1 aromatic carbocycles. The molecule has 118 valence electrons. The topological polar surface area (TPSA) is 37.4 Å². The number of carbonyl (C=O) groups excluding carboxylic acids is 2. The van der Waals surface area contributed by atoms with Crippen LogP contribution in [0.25, 0.3) is 0 Å². The maximum atomic E-state index is 12.9. The lowest BCUT2D eigenvalue weighted by atomic mass is 9.69. The Morgan fingerprint density at radius 3 is 2.55 bits per heavy atom. The van der Waals surface area contributed by atoms with Gasteiger partial charge in [0, 0.05) is 12.1 Å². The minimum Gasteiger partial charge on any atom is -0.334 e. The van der Waals surface area contributed by atoms with Gasteiger partial charge in [-0.2, -0.15) is 0 Å². The molecule has 0 aromatic heterocycles. The van der Waals surface area contributed by atoms with Crippen LogP contribution in [-0.2, 0) is 4.79 Å². The van der Waals surface area contributed by atoms with Crippen molar-refractivity contribution in [2.75, 3.05) is 13.1 Å². The quantitative estimate of drug-likeness (QED) is 0.795. The number of ketones is 1. The van der Waals surface area contributed by atoms with E-state index in [0.29, 0.717) is 11.5 Å². The van der Waals surface area contributed by atoms with Gasteiger partial charge in [0.25, 0.3) is 0 Å². The number of hydrogen-bond acceptors (Lipinski definition) is 2. The van der Waals surface area contributed by atoms with Crippen LogP contribution in [0.3, 0.4) is 0 Å². The molecule has 1 saturated carbocycles. The number of hydrogen-bond donors (Lipinski definition) is 0. The summed E-state index contributed by atoms with van der Waals surface area (Å²) in [4.78, 5) is 27.0. The Kier molecular flexibility index (Phi) is 4.32. The molecule has 0 bridgehead atoms. The summed E-state index contributed by atoms with van der Waals surface area (Å²) in [5, 5.41) is 0. The Hall–Kier alpha value is -1.64. The van der Waals surface area contributed by atoms with E-state index in [-0.39, 0.29) is 23.7 Å². The van der Waals surface area contributed by atoms with Crippen LogP contribution in [0.4, 0.5) is 0 Å². The van der Waals surface area contributed by atoms with E-state index in [9.17, 15) is 9.59 Å². The second kappa shape index (κ2) is 6.23. The van der Waals surface area contributed by atoms with Crippen molar-refractivity contribution in [2.45, 2.75) is 45.4 Å². The van der Waals surface area contributed by atoms with Gasteiger partial charge in [0.05, 0.1) is 12.0 Å². The van der Waals surface area contributed by atoms with E-state index in [2.05, 4.69) is 6.92 Å². The lowest BCUT2D eigenvalue weighted by Crippen LogP contribution is -2.40. The maximum Gasteiger partial charge on any atom is 0.229 e. The normalized spacial score (nSPS) is 26.4. The van der Waals surface area contributed by atoms with Crippen molar-refractivity contribution in [1.29, 1.82) is 0 Å². The van der Waals surface area contributed by atoms with Crippen LogP contribution < -0.4 is 0 Å². The molecular formula is C19H25NO2. The molecule has 3 heteroatoms. The summed E-state index contributed by atoms with van der Waals surface area (Å²) < 4.78 is 0. The predicted octanol–water partition coefficient (Wildman–Crippen LogP) is 3.69. The Morgan fingerprint density at radius 2 is 1.86 bits per heavy atom. The number of Topliss-reactive ketones (excluding diaryl/α,β-unsaturated/α-hetero) is 1. The molecule has 1 aliphatic carbocycles. The van der Waals surface area contributed by atoms with E-state index < -0.39 is 0 Å². The van der Waals surface area contributed by atoms with E-state index in [4.69, 9.17) is 0 Å². The van der Waals surface area contributed by atoms with Gasteiger partial charge in [0.1, 0.15) is 0 Å². The Labute approximate surface area is 132 Å². The van der Waals surface area contributed by atoms with Gasteiger partial charge in [-0.1, -0.05) is 56.5 Å². The van der Waals surface area contributed by atoms with E-state index in [0.717, 1.165) is 13.0 Å². The van der Waals surface area contributed by atoms with Crippen molar-refractivity contribution in [3.63, 3.8) is 0 Å². The Morgan fingerprint density at radius 1 is 1.18 bits per heavy atom. The third-order valence-corrected chi connectivity index (χ3v) is 5.61. The van der Waals surface area contributed by atoms with Crippen molar-refractivity contribution in [1.82, 2.24) is 4.90 Å². The minimum atomic E-state index is -0.239. The van der Waals surface area contributed by atoms with Crippen molar-refractivity contribution in [3.05, 3.63) is 35.9 Å². The summed E-state index contributed by atoms with van der Waals surface area (Å²) in [5.41, 5.74) is 0.457. The molecule has 0 N–H and O–H groups in total. The molecule has 1 saturated heterocycles. The van der Waals surface area contributed by atoms with Crippen LogP contribution in [0.1, 0.15) is 55.8 Å². The monoisotopic (exact) mass is 299 g/mol. The summed E-state index contributed by atoms with van der Waals surface area (Å²) in [5.74, 6) is 0.746. The van der Waals surface area contributed by atoms with E-state index in [1.807, 2.05) is 30.3 Å². The van der Waals surface area contributed by atoms with Gasteiger partial charge in [-0.05, 0) is 25.2 Å². The number of likely N-dealkylation sites (tertiary alicyclic amines) is 1. The van der Waals surface area contributed by atoms with Crippen LogP contribution >= 0.6 is 0 Å². The Balaban J connectivity index is 1.67. The molecule has 3 rings (SSSR count). The maximum absolute atomic E-state index is 12.9. The van der Waals surface area contributed by atoms with Crippen molar-refractivity contribution < 1.29 is 9.59 Å². The summed E-state index contributed by atoms with van der Waals surface area (Å²) in [7, 11) is 0. The fourth-order valence-electron chi connectivity index (χ4n) is 4.09. The first kappa shape index (κ1) is 15.3. The zero-order valence-corrected chi connectivity index (χ0v) is 13.4. The molecular weight excluding hydrogens is 274 g/mol. The van der Waals surface area contributed by atoms with Crippen molar-refractivity contribution >= 4 is 11.7 Å². The molecule has 1 heterocycles. The lowest BCUT2D eigenvalue weighted by molar-refractivity contribution is -0.138. The summed E-state index contributed by atoms with van der Waals surface area (Å²) in [6.45, 7) is 3.08. The molecule has 1 unspecified atom stereocenters. The number of nitrogens with zero attached hydrogens (tertiary/aromatic N) is 1. The molecule has 0 spiro atoms. The predicted molar refractivity (Wildman–Crippen MR) is 86.7 cm³/mol. The zero-order chi connectivity index (χ0) is 15.6. The van der Waals surface area contributed by atoms with E-state index in [1.165, 1.54) is 32.1 Å².